The number of methoxy groups -OCH3 is 2. The van der Waals surface area contributed by atoms with E-state index in [4.69, 9.17) is 9.47 Å². The largest absolute Gasteiger partial charge is 0.497 e. The van der Waals surface area contributed by atoms with Crippen molar-refractivity contribution in [2.45, 2.75) is 19.1 Å². The van der Waals surface area contributed by atoms with Gasteiger partial charge in [-0.1, -0.05) is 12.1 Å². The van der Waals surface area contributed by atoms with E-state index in [1.54, 1.807) is 32.8 Å². The van der Waals surface area contributed by atoms with Crippen LogP contribution in [0.25, 0.3) is 10.8 Å². The van der Waals surface area contributed by atoms with Crippen LogP contribution in [0.4, 0.5) is 0 Å². The van der Waals surface area contributed by atoms with Crippen molar-refractivity contribution < 1.29 is 14.6 Å². The highest BCUT2D eigenvalue weighted by molar-refractivity contribution is 5.89. The topological polar surface area (TPSA) is 67.7 Å². The summed E-state index contributed by atoms with van der Waals surface area (Å²) in [6.45, 7) is 2.15. The summed E-state index contributed by atoms with van der Waals surface area (Å²) in [4.78, 5) is 10.8. The Morgan fingerprint density at radius 3 is 2.71 bits per heavy atom. The number of nitrogens with zero attached hydrogens (tertiary/aromatic N) is 3. The number of β-amino-alcohol motifs (C(OH)–C–C–N with tert-alkyl or cyclic N) is 1. The van der Waals surface area contributed by atoms with E-state index in [1.165, 1.54) is 0 Å². The first-order chi connectivity index (χ1) is 13.7. The minimum Gasteiger partial charge on any atom is -0.497 e. The molecule has 0 bridgehead atoms. The summed E-state index contributed by atoms with van der Waals surface area (Å²) in [5.41, 5.74) is 2.03. The second-order valence-corrected chi connectivity index (χ2v) is 7.26. The molecular formula is C22H25N3O3. The van der Waals surface area contributed by atoms with Crippen molar-refractivity contribution in [1.29, 1.82) is 0 Å². The first-order valence-corrected chi connectivity index (χ1v) is 9.47. The standard InChI is InChI=1S/C22H25N3O3/c1-27-18-5-3-15-4-6-22(28-2)20(19(15)10-18)13-25-12-16(21(26)14-25)9-17-11-23-7-8-24-17/h3-8,10-11,16,21,26H,9,12-14H2,1-2H3/t16-,21-/m1/s1. The molecule has 1 fully saturated rings. The molecule has 1 N–H and O–H groups in total. The van der Waals surface area contributed by atoms with Crippen molar-refractivity contribution in [2.24, 2.45) is 5.92 Å². The minimum absolute atomic E-state index is 0.146. The van der Waals surface area contributed by atoms with Crippen LogP contribution in [0.5, 0.6) is 11.5 Å². The summed E-state index contributed by atoms with van der Waals surface area (Å²) in [6, 6.07) is 10.2. The van der Waals surface area contributed by atoms with Crippen LogP contribution in [0, 0.1) is 5.92 Å². The van der Waals surface area contributed by atoms with Crippen molar-refractivity contribution in [1.82, 2.24) is 14.9 Å². The number of fused-ring (bicyclic) bond motifs is 1. The van der Waals surface area contributed by atoms with Gasteiger partial charge >= 0.3 is 0 Å². The number of likely N-dealkylation sites (tertiary alicyclic amines) is 1. The van der Waals surface area contributed by atoms with Crippen LogP contribution >= 0.6 is 0 Å². The van der Waals surface area contributed by atoms with Crippen molar-refractivity contribution in [2.75, 3.05) is 27.3 Å². The van der Waals surface area contributed by atoms with E-state index in [1.807, 2.05) is 12.1 Å². The normalized spacial score (nSPS) is 19.8. The van der Waals surface area contributed by atoms with Gasteiger partial charge in [0, 0.05) is 49.7 Å². The van der Waals surface area contributed by atoms with Gasteiger partial charge in [0.05, 0.1) is 26.0 Å². The smallest absolute Gasteiger partial charge is 0.124 e. The van der Waals surface area contributed by atoms with Crippen molar-refractivity contribution in [3.63, 3.8) is 0 Å². The Hall–Kier alpha value is -2.70. The second kappa shape index (κ2) is 8.12. The molecule has 0 saturated carbocycles. The SMILES string of the molecule is COc1ccc2ccc(OC)c(CN3C[C@@H](Cc4cnccn4)[C@H](O)C3)c2c1. The van der Waals surface area contributed by atoms with E-state index in [9.17, 15) is 5.11 Å². The predicted molar refractivity (Wildman–Crippen MR) is 108 cm³/mol. The van der Waals surface area contributed by atoms with Gasteiger partial charge in [-0.2, -0.15) is 0 Å². The van der Waals surface area contributed by atoms with Gasteiger partial charge in [0.15, 0.2) is 0 Å². The van der Waals surface area contributed by atoms with Gasteiger partial charge in [-0.15, -0.1) is 0 Å². The molecule has 146 valence electrons. The zero-order valence-corrected chi connectivity index (χ0v) is 16.2. The summed E-state index contributed by atoms with van der Waals surface area (Å²) >= 11 is 0. The van der Waals surface area contributed by atoms with Gasteiger partial charge in [-0.3, -0.25) is 14.9 Å². The molecule has 0 amide bonds. The number of aliphatic hydroxyl groups excluding tert-OH is 1. The average Bonchev–Trinajstić information content (AvgIpc) is 3.07. The van der Waals surface area contributed by atoms with Gasteiger partial charge in [-0.05, 0) is 35.4 Å². The highest BCUT2D eigenvalue weighted by atomic mass is 16.5. The molecule has 2 aromatic carbocycles. The Labute approximate surface area is 164 Å². The number of hydrogen-bond acceptors (Lipinski definition) is 6. The maximum atomic E-state index is 10.6. The Morgan fingerprint density at radius 1 is 1.11 bits per heavy atom. The lowest BCUT2D eigenvalue weighted by atomic mass is 10.0. The van der Waals surface area contributed by atoms with E-state index >= 15 is 0 Å². The second-order valence-electron chi connectivity index (χ2n) is 7.26. The molecule has 1 saturated heterocycles. The van der Waals surface area contributed by atoms with Crippen molar-refractivity contribution in [3.05, 3.63) is 60.2 Å². The lowest BCUT2D eigenvalue weighted by Crippen LogP contribution is -2.22. The third kappa shape index (κ3) is 3.79. The fourth-order valence-corrected chi connectivity index (χ4v) is 4.02. The molecule has 6 nitrogen and oxygen atoms in total. The fraction of sp³-hybridized carbons (Fsp3) is 0.364. The quantitative estimate of drug-likeness (QED) is 0.710. The molecule has 0 radical (unpaired) electrons. The van der Waals surface area contributed by atoms with E-state index in [0.717, 1.165) is 46.5 Å². The summed E-state index contributed by atoms with van der Waals surface area (Å²) in [6.07, 6.45) is 5.49. The van der Waals surface area contributed by atoms with Gasteiger partial charge < -0.3 is 14.6 Å². The molecule has 28 heavy (non-hydrogen) atoms. The maximum absolute atomic E-state index is 10.6. The molecule has 2 heterocycles. The highest BCUT2D eigenvalue weighted by Crippen LogP contribution is 2.33. The molecule has 0 spiro atoms. The van der Waals surface area contributed by atoms with Crippen LogP contribution in [0.2, 0.25) is 0 Å². The molecular weight excluding hydrogens is 354 g/mol. The predicted octanol–water partition coefficient (Wildman–Crippen LogP) is 2.68. The third-order valence-corrected chi connectivity index (χ3v) is 5.47. The zero-order chi connectivity index (χ0) is 19.5. The van der Waals surface area contributed by atoms with Crippen molar-refractivity contribution >= 4 is 10.8 Å². The van der Waals surface area contributed by atoms with Crippen molar-refractivity contribution in [3.8, 4) is 11.5 Å². The van der Waals surface area contributed by atoms with Gasteiger partial charge in [0.1, 0.15) is 11.5 Å². The van der Waals surface area contributed by atoms with Gasteiger partial charge in [0.2, 0.25) is 0 Å². The van der Waals surface area contributed by atoms with Crippen LogP contribution in [-0.4, -0.2) is 53.4 Å². The molecule has 1 aliphatic rings. The Kier molecular flexibility index (Phi) is 5.41. The lowest BCUT2D eigenvalue weighted by Gasteiger charge is -2.20. The summed E-state index contributed by atoms with van der Waals surface area (Å²) in [5.74, 6) is 1.82. The number of aliphatic hydroxyl groups is 1. The summed E-state index contributed by atoms with van der Waals surface area (Å²) in [5, 5.41) is 12.8. The number of hydrogen-bond donors (Lipinski definition) is 1. The summed E-state index contributed by atoms with van der Waals surface area (Å²) < 4.78 is 11.1. The molecule has 2 atom stereocenters. The lowest BCUT2D eigenvalue weighted by molar-refractivity contribution is 0.140. The van der Waals surface area contributed by atoms with E-state index in [-0.39, 0.29) is 12.0 Å². The highest BCUT2D eigenvalue weighted by Gasteiger charge is 2.32. The Balaban J connectivity index is 1.57. The van der Waals surface area contributed by atoms with Gasteiger partial charge in [-0.25, -0.2) is 0 Å². The van der Waals surface area contributed by atoms with Crippen LogP contribution in [-0.2, 0) is 13.0 Å². The molecule has 3 aromatic rings. The summed E-state index contributed by atoms with van der Waals surface area (Å²) in [7, 11) is 3.37. The number of ether oxygens (including phenoxy) is 2. The van der Waals surface area contributed by atoms with Gasteiger partial charge in [0.25, 0.3) is 0 Å². The first kappa shape index (κ1) is 18.7. The Bertz CT molecular complexity index is 943. The van der Waals surface area contributed by atoms with Crippen LogP contribution in [0.3, 0.4) is 0 Å². The van der Waals surface area contributed by atoms with E-state index < -0.39 is 0 Å². The number of benzene rings is 2. The first-order valence-electron chi connectivity index (χ1n) is 9.47. The molecule has 0 aliphatic carbocycles. The van der Waals surface area contributed by atoms with E-state index in [2.05, 4.69) is 33.1 Å². The molecule has 6 heteroatoms. The maximum Gasteiger partial charge on any atom is 0.124 e. The minimum atomic E-state index is -0.377. The monoisotopic (exact) mass is 379 g/mol. The molecule has 1 aromatic heterocycles. The zero-order valence-electron chi connectivity index (χ0n) is 16.2. The molecule has 0 unspecified atom stereocenters. The number of rotatable bonds is 6. The van der Waals surface area contributed by atoms with Crippen LogP contribution in [0.15, 0.2) is 48.9 Å². The third-order valence-electron chi connectivity index (χ3n) is 5.47. The Morgan fingerprint density at radius 2 is 1.96 bits per heavy atom. The van der Waals surface area contributed by atoms with Crippen LogP contribution in [0.1, 0.15) is 11.3 Å². The molecule has 4 rings (SSSR count). The van der Waals surface area contributed by atoms with E-state index in [0.29, 0.717) is 13.1 Å². The average molecular weight is 379 g/mol. The van der Waals surface area contributed by atoms with Crippen LogP contribution < -0.4 is 9.47 Å². The number of aromatic nitrogens is 2. The molecule has 1 aliphatic heterocycles. The fourth-order valence-electron chi connectivity index (χ4n) is 4.02.